The summed E-state index contributed by atoms with van der Waals surface area (Å²) < 4.78 is 15.9. The molecule has 31 heavy (non-hydrogen) atoms. The van der Waals surface area contributed by atoms with Crippen LogP contribution in [0.5, 0.6) is 0 Å². The van der Waals surface area contributed by atoms with Gasteiger partial charge in [0.1, 0.15) is 0 Å². The maximum absolute atomic E-state index is 7.04. The van der Waals surface area contributed by atoms with Crippen molar-refractivity contribution in [3.05, 3.63) is 102 Å². The number of benzene rings is 3. The summed E-state index contributed by atoms with van der Waals surface area (Å²) in [6.07, 6.45) is 3.02. The molecule has 1 aliphatic rings. The van der Waals surface area contributed by atoms with Crippen LogP contribution in [-0.2, 0) is 9.16 Å². The van der Waals surface area contributed by atoms with Gasteiger partial charge in [0, 0.05) is 0 Å². The van der Waals surface area contributed by atoms with Crippen molar-refractivity contribution in [2.24, 2.45) is 0 Å². The van der Waals surface area contributed by atoms with Crippen molar-refractivity contribution in [3.63, 3.8) is 0 Å². The molecule has 1 aliphatic heterocycles. The summed E-state index contributed by atoms with van der Waals surface area (Å²) in [5, 5.41) is 2.61. The first-order valence-electron chi connectivity index (χ1n) is 10.8. The molecule has 1 atom stereocenters. The third-order valence-electron chi connectivity index (χ3n) is 5.72. The molecule has 2 nitrogen and oxygen atoms in total. The predicted molar refractivity (Wildman–Crippen MR) is 133 cm³/mol. The monoisotopic (exact) mass is 494 g/mol. The van der Waals surface area contributed by atoms with E-state index in [1.807, 2.05) is 6.26 Å². The summed E-state index contributed by atoms with van der Waals surface area (Å²) in [6.45, 7) is 7.56. The van der Waals surface area contributed by atoms with Gasteiger partial charge in [-0.1, -0.05) is 0 Å². The molecule has 0 amide bonds. The van der Waals surface area contributed by atoms with Gasteiger partial charge in [-0.15, -0.1) is 0 Å². The molecule has 1 heterocycles. The van der Waals surface area contributed by atoms with Crippen LogP contribution in [0.3, 0.4) is 0 Å². The Morgan fingerprint density at radius 1 is 0.839 bits per heavy atom. The molecule has 0 aliphatic carbocycles. The van der Waals surface area contributed by atoms with Crippen molar-refractivity contribution < 1.29 is 9.16 Å². The second-order valence-corrected chi connectivity index (χ2v) is 15.8. The fraction of sp³-hybridized carbons (Fsp3) is 0.259. The third-order valence-corrected chi connectivity index (χ3v) is 12.9. The minimum atomic E-state index is -2.51. The second kappa shape index (κ2) is 9.58. The van der Waals surface area contributed by atoms with Crippen LogP contribution in [0.25, 0.3) is 0 Å². The molecule has 3 aromatic rings. The van der Waals surface area contributed by atoms with Crippen molar-refractivity contribution in [2.45, 2.75) is 38.3 Å². The van der Waals surface area contributed by atoms with Gasteiger partial charge in [-0.2, -0.15) is 0 Å². The van der Waals surface area contributed by atoms with Crippen LogP contribution in [0, 0.1) is 0 Å². The summed E-state index contributed by atoms with van der Waals surface area (Å²) in [6, 6.07) is 32.3. The van der Waals surface area contributed by atoms with E-state index in [1.165, 1.54) is 19.3 Å². The molecule has 0 saturated heterocycles. The SMILES string of the molecule is CC(C)(C)[Si](OC[C@@H]1CC([Se]c2ccccc2)=CO1)(c1ccccc1)c1ccccc1. The molecule has 0 fully saturated rings. The van der Waals surface area contributed by atoms with E-state index < -0.39 is 8.32 Å². The normalized spacial score (nSPS) is 16.6. The Labute approximate surface area is 193 Å². The molecule has 0 aromatic heterocycles. The van der Waals surface area contributed by atoms with Crippen LogP contribution in [-0.4, -0.2) is 36.0 Å². The maximum atomic E-state index is 7.04. The van der Waals surface area contributed by atoms with E-state index in [-0.39, 0.29) is 11.1 Å². The molecule has 0 unspecified atom stereocenters. The van der Waals surface area contributed by atoms with Gasteiger partial charge >= 0.3 is 194 Å². The first kappa shape index (κ1) is 22.1. The molecule has 0 spiro atoms. The van der Waals surface area contributed by atoms with E-state index in [0.717, 1.165) is 6.42 Å². The number of hydrogen-bond donors (Lipinski definition) is 0. The van der Waals surface area contributed by atoms with Crippen LogP contribution in [0.2, 0.25) is 5.04 Å². The average Bonchev–Trinajstić information content (AvgIpc) is 3.23. The third kappa shape index (κ3) is 4.88. The summed E-state index contributed by atoms with van der Waals surface area (Å²) in [5.74, 6) is 0. The fourth-order valence-corrected chi connectivity index (χ4v) is 10.9. The Bertz CT molecular complexity index is 958. The van der Waals surface area contributed by atoms with Gasteiger partial charge in [-0.3, -0.25) is 0 Å². The second-order valence-electron chi connectivity index (χ2n) is 8.94. The van der Waals surface area contributed by atoms with Crippen LogP contribution in [0.15, 0.2) is 102 Å². The zero-order valence-corrected chi connectivity index (χ0v) is 21.2. The minimum absolute atomic E-state index is 0.0153. The molecular formula is C27H30O2SeSi. The van der Waals surface area contributed by atoms with E-state index in [0.29, 0.717) is 21.6 Å². The Morgan fingerprint density at radius 2 is 1.35 bits per heavy atom. The standard InChI is InChI=1S/C27H30O2SeSi/c1-27(2,3)31(25-15-9-5-10-16-25,26-17-11-6-12-18-26)29-20-22-19-24(21-28-22)30-23-13-7-4-8-14-23/h4-18,21-22H,19-20H2,1-3H3/t22-/m0/s1. The Morgan fingerprint density at radius 3 is 1.87 bits per heavy atom. The van der Waals surface area contributed by atoms with Crippen LogP contribution in [0.1, 0.15) is 27.2 Å². The first-order valence-corrected chi connectivity index (χ1v) is 14.4. The van der Waals surface area contributed by atoms with E-state index >= 15 is 0 Å². The number of rotatable bonds is 7. The summed E-state index contributed by atoms with van der Waals surface area (Å²) in [5.41, 5.74) is 0. The van der Waals surface area contributed by atoms with Gasteiger partial charge in [0.15, 0.2) is 0 Å². The van der Waals surface area contributed by atoms with E-state index in [2.05, 4.69) is 112 Å². The van der Waals surface area contributed by atoms with Gasteiger partial charge in [-0.05, 0) is 0 Å². The van der Waals surface area contributed by atoms with Crippen molar-refractivity contribution in [1.29, 1.82) is 0 Å². The van der Waals surface area contributed by atoms with Crippen molar-refractivity contribution in [1.82, 2.24) is 0 Å². The molecule has 0 radical (unpaired) electrons. The Hall–Kier alpha value is -2.10. The fourth-order valence-electron chi connectivity index (χ4n) is 4.28. The Kier molecular flexibility index (Phi) is 6.83. The van der Waals surface area contributed by atoms with Gasteiger partial charge in [0.2, 0.25) is 0 Å². The van der Waals surface area contributed by atoms with Crippen molar-refractivity contribution >= 4 is 38.1 Å². The van der Waals surface area contributed by atoms with Gasteiger partial charge in [0.25, 0.3) is 0 Å². The molecule has 0 bridgehead atoms. The molecule has 0 N–H and O–H groups in total. The van der Waals surface area contributed by atoms with Crippen molar-refractivity contribution in [2.75, 3.05) is 6.61 Å². The zero-order valence-electron chi connectivity index (χ0n) is 18.5. The molecule has 160 valence electrons. The first-order chi connectivity index (χ1) is 15.0. The molecule has 0 saturated carbocycles. The van der Waals surface area contributed by atoms with Crippen LogP contribution < -0.4 is 14.8 Å². The van der Waals surface area contributed by atoms with E-state index in [4.69, 9.17) is 9.16 Å². The quantitative estimate of drug-likeness (QED) is 0.459. The summed E-state index contributed by atoms with van der Waals surface area (Å²) >= 11 is 0.313. The molecule has 4 rings (SSSR count). The summed E-state index contributed by atoms with van der Waals surface area (Å²) in [7, 11) is -2.51. The molecular weight excluding hydrogens is 463 g/mol. The van der Waals surface area contributed by atoms with Gasteiger partial charge in [0.05, 0.1) is 0 Å². The van der Waals surface area contributed by atoms with Crippen LogP contribution in [0.4, 0.5) is 0 Å². The van der Waals surface area contributed by atoms with Crippen molar-refractivity contribution in [3.8, 4) is 0 Å². The molecule has 3 aromatic carbocycles. The van der Waals surface area contributed by atoms with Gasteiger partial charge < -0.3 is 0 Å². The Balaban J connectivity index is 1.55. The van der Waals surface area contributed by atoms with E-state index in [1.54, 1.807) is 0 Å². The number of ether oxygens (including phenoxy) is 1. The molecule has 4 heteroatoms. The van der Waals surface area contributed by atoms with E-state index in [9.17, 15) is 0 Å². The van der Waals surface area contributed by atoms with Gasteiger partial charge in [-0.25, -0.2) is 0 Å². The number of hydrogen-bond acceptors (Lipinski definition) is 2. The predicted octanol–water partition coefficient (Wildman–Crippen LogP) is 4.22. The zero-order chi connectivity index (χ0) is 21.7. The summed E-state index contributed by atoms with van der Waals surface area (Å²) in [4.78, 5) is 0. The average molecular weight is 494 g/mol. The van der Waals surface area contributed by atoms with Crippen LogP contribution >= 0.6 is 0 Å². The topological polar surface area (TPSA) is 18.5 Å².